The van der Waals surface area contributed by atoms with Crippen LogP contribution in [0, 0.1) is 6.92 Å². The van der Waals surface area contributed by atoms with E-state index in [-0.39, 0.29) is 11.9 Å². The zero-order valence-electron chi connectivity index (χ0n) is 11.5. The zero-order valence-corrected chi connectivity index (χ0v) is 11.5. The number of carbonyl (C=O) groups excluding carboxylic acids is 1. The van der Waals surface area contributed by atoms with E-state index in [9.17, 15) is 4.79 Å². The number of pyridine rings is 1. The van der Waals surface area contributed by atoms with Gasteiger partial charge in [0.1, 0.15) is 0 Å². The molecule has 0 saturated carbocycles. The van der Waals surface area contributed by atoms with Gasteiger partial charge in [-0.2, -0.15) is 0 Å². The van der Waals surface area contributed by atoms with Crippen LogP contribution in [0.15, 0.2) is 48.7 Å². The monoisotopic (exact) mass is 269 g/mol. The topological polar surface area (TPSA) is 68.0 Å². The molecule has 2 rings (SSSR count). The Morgan fingerprint density at radius 1 is 1.30 bits per heavy atom. The normalized spacial score (nSPS) is 11.9. The number of amides is 1. The maximum atomic E-state index is 11.9. The molecule has 2 aromatic rings. The molecule has 0 spiro atoms. The number of carbonyl (C=O) groups is 1. The van der Waals surface area contributed by atoms with Crippen LogP contribution in [0.2, 0.25) is 0 Å². The molecule has 4 heteroatoms. The van der Waals surface area contributed by atoms with Gasteiger partial charge in [-0.25, -0.2) is 0 Å². The van der Waals surface area contributed by atoms with E-state index >= 15 is 0 Å². The Bertz CT molecular complexity index is 569. The summed E-state index contributed by atoms with van der Waals surface area (Å²) in [6.45, 7) is 2.42. The van der Waals surface area contributed by atoms with Crippen molar-refractivity contribution in [1.82, 2.24) is 10.3 Å². The fraction of sp³-hybridized carbons (Fsp3) is 0.250. The Morgan fingerprint density at radius 2 is 2.05 bits per heavy atom. The number of hydrogen-bond acceptors (Lipinski definition) is 3. The quantitative estimate of drug-likeness (QED) is 0.874. The zero-order chi connectivity index (χ0) is 14.4. The molecule has 1 amide bonds. The van der Waals surface area contributed by atoms with Crippen molar-refractivity contribution in [3.8, 4) is 0 Å². The Kier molecular flexibility index (Phi) is 4.85. The van der Waals surface area contributed by atoms with Crippen molar-refractivity contribution < 1.29 is 4.79 Å². The molecule has 0 aliphatic heterocycles. The van der Waals surface area contributed by atoms with Gasteiger partial charge in [0, 0.05) is 30.0 Å². The Balaban J connectivity index is 1.83. The van der Waals surface area contributed by atoms with E-state index in [1.165, 1.54) is 0 Å². The first-order valence-electron chi connectivity index (χ1n) is 6.68. The molecule has 0 radical (unpaired) electrons. The number of nitrogens with zero attached hydrogens (tertiary/aromatic N) is 1. The second-order valence-corrected chi connectivity index (χ2v) is 4.75. The number of benzene rings is 1. The van der Waals surface area contributed by atoms with Gasteiger partial charge in [-0.3, -0.25) is 9.78 Å². The second-order valence-electron chi connectivity index (χ2n) is 4.75. The lowest BCUT2D eigenvalue weighted by Gasteiger charge is -2.12. The number of rotatable bonds is 5. The summed E-state index contributed by atoms with van der Waals surface area (Å²) in [7, 11) is 0. The van der Waals surface area contributed by atoms with Gasteiger partial charge in [0.25, 0.3) is 5.91 Å². The molecule has 1 atom stereocenters. The number of hydrogen-bond donors (Lipinski definition) is 2. The van der Waals surface area contributed by atoms with E-state index in [1.807, 2.05) is 37.3 Å². The molecule has 20 heavy (non-hydrogen) atoms. The molecule has 0 saturated heterocycles. The molecular formula is C16H19N3O. The third-order valence-corrected chi connectivity index (χ3v) is 3.13. The predicted octanol–water partition coefficient (Wildman–Crippen LogP) is 2.21. The number of aryl methyl sites for hydroxylation is 1. The predicted molar refractivity (Wildman–Crippen MR) is 79.3 cm³/mol. The summed E-state index contributed by atoms with van der Waals surface area (Å²) in [5.41, 5.74) is 8.63. The van der Waals surface area contributed by atoms with Crippen LogP contribution in [-0.2, 0) is 0 Å². The van der Waals surface area contributed by atoms with Gasteiger partial charge in [0.2, 0.25) is 0 Å². The highest BCUT2D eigenvalue weighted by molar-refractivity contribution is 5.94. The molecule has 1 aromatic carbocycles. The highest BCUT2D eigenvalue weighted by Crippen LogP contribution is 2.12. The van der Waals surface area contributed by atoms with Gasteiger partial charge in [0.15, 0.2) is 0 Å². The summed E-state index contributed by atoms with van der Waals surface area (Å²) in [6, 6.07) is 13.3. The standard InChI is InChI=1S/C16H19N3O/c1-12-11-14(7-9-18-12)16(20)19-10-8-15(17)13-5-3-2-4-6-13/h2-7,9,11,15H,8,10,17H2,1H3,(H,19,20). The van der Waals surface area contributed by atoms with Crippen molar-refractivity contribution in [2.75, 3.05) is 6.54 Å². The van der Waals surface area contributed by atoms with E-state index in [4.69, 9.17) is 5.73 Å². The molecule has 0 aliphatic rings. The molecule has 1 unspecified atom stereocenters. The van der Waals surface area contributed by atoms with Crippen LogP contribution in [0.5, 0.6) is 0 Å². The second kappa shape index (κ2) is 6.82. The smallest absolute Gasteiger partial charge is 0.251 e. The van der Waals surface area contributed by atoms with Crippen LogP contribution in [-0.4, -0.2) is 17.4 Å². The van der Waals surface area contributed by atoms with Crippen molar-refractivity contribution in [3.63, 3.8) is 0 Å². The number of aromatic nitrogens is 1. The first-order chi connectivity index (χ1) is 9.66. The van der Waals surface area contributed by atoms with Gasteiger partial charge >= 0.3 is 0 Å². The largest absolute Gasteiger partial charge is 0.352 e. The molecule has 3 N–H and O–H groups in total. The third kappa shape index (κ3) is 3.90. The Hall–Kier alpha value is -2.20. The summed E-state index contributed by atoms with van der Waals surface area (Å²) in [4.78, 5) is 16.0. The minimum absolute atomic E-state index is 0.0596. The van der Waals surface area contributed by atoms with Crippen molar-refractivity contribution >= 4 is 5.91 Å². The van der Waals surface area contributed by atoms with Crippen LogP contribution in [0.3, 0.4) is 0 Å². The number of nitrogens with one attached hydrogen (secondary N) is 1. The van der Waals surface area contributed by atoms with E-state index in [1.54, 1.807) is 18.3 Å². The fourth-order valence-corrected chi connectivity index (χ4v) is 2.00. The summed E-state index contributed by atoms with van der Waals surface area (Å²) in [6.07, 6.45) is 2.35. The van der Waals surface area contributed by atoms with E-state index < -0.39 is 0 Å². The summed E-state index contributed by atoms with van der Waals surface area (Å²) in [5.74, 6) is -0.0873. The maximum absolute atomic E-state index is 11.9. The molecule has 1 heterocycles. The SMILES string of the molecule is Cc1cc(C(=O)NCCC(N)c2ccccc2)ccn1. The van der Waals surface area contributed by atoms with Gasteiger partial charge in [-0.05, 0) is 31.0 Å². The van der Waals surface area contributed by atoms with Gasteiger partial charge in [-0.1, -0.05) is 30.3 Å². The molecular weight excluding hydrogens is 250 g/mol. The van der Waals surface area contributed by atoms with Crippen molar-refractivity contribution in [1.29, 1.82) is 0 Å². The van der Waals surface area contributed by atoms with Crippen LogP contribution >= 0.6 is 0 Å². The average Bonchev–Trinajstić information content (AvgIpc) is 2.48. The first kappa shape index (κ1) is 14.2. The molecule has 4 nitrogen and oxygen atoms in total. The minimum Gasteiger partial charge on any atom is -0.352 e. The first-order valence-corrected chi connectivity index (χ1v) is 6.68. The summed E-state index contributed by atoms with van der Waals surface area (Å²) in [5, 5.41) is 2.88. The maximum Gasteiger partial charge on any atom is 0.251 e. The molecule has 0 bridgehead atoms. The van der Waals surface area contributed by atoms with Crippen molar-refractivity contribution in [2.45, 2.75) is 19.4 Å². The highest BCUT2D eigenvalue weighted by Gasteiger charge is 2.08. The van der Waals surface area contributed by atoms with Crippen LogP contribution in [0.4, 0.5) is 0 Å². The van der Waals surface area contributed by atoms with Crippen molar-refractivity contribution in [2.24, 2.45) is 5.73 Å². The van der Waals surface area contributed by atoms with Gasteiger partial charge in [0.05, 0.1) is 0 Å². The molecule has 0 aliphatic carbocycles. The van der Waals surface area contributed by atoms with Crippen molar-refractivity contribution in [3.05, 3.63) is 65.5 Å². The Morgan fingerprint density at radius 3 is 2.75 bits per heavy atom. The van der Waals surface area contributed by atoms with E-state index in [0.717, 1.165) is 11.3 Å². The Labute approximate surface area is 119 Å². The van der Waals surface area contributed by atoms with E-state index in [2.05, 4.69) is 10.3 Å². The minimum atomic E-state index is -0.0873. The van der Waals surface area contributed by atoms with Gasteiger partial charge in [-0.15, -0.1) is 0 Å². The van der Waals surface area contributed by atoms with Crippen LogP contribution < -0.4 is 11.1 Å². The highest BCUT2D eigenvalue weighted by atomic mass is 16.1. The lowest BCUT2D eigenvalue weighted by Crippen LogP contribution is -2.27. The summed E-state index contributed by atoms with van der Waals surface area (Å²) < 4.78 is 0. The third-order valence-electron chi connectivity index (χ3n) is 3.13. The average molecular weight is 269 g/mol. The molecule has 1 aromatic heterocycles. The molecule has 104 valence electrons. The van der Waals surface area contributed by atoms with Crippen LogP contribution in [0.1, 0.15) is 34.1 Å². The lowest BCUT2D eigenvalue weighted by atomic mass is 10.1. The molecule has 0 fully saturated rings. The fourth-order valence-electron chi connectivity index (χ4n) is 2.00. The van der Waals surface area contributed by atoms with E-state index in [0.29, 0.717) is 18.5 Å². The van der Waals surface area contributed by atoms with Gasteiger partial charge < -0.3 is 11.1 Å². The lowest BCUT2D eigenvalue weighted by molar-refractivity contribution is 0.0952. The summed E-state index contributed by atoms with van der Waals surface area (Å²) >= 11 is 0. The van der Waals surface area contributed by atoms with Crippen LogP contribution in [0.25, 0.3) is 0 Å². The number of nitrogens with two attached hydrogens (primary N) is 1.